The normalized spacial score (nSPS) is 15.2. The Bertz CT molecular complexity index is 907. The van der Waals surface area contributed by atoms with Gasteiger partial charge in [-0.3, -0.25) is 9.69 Å². The van der Waals surface area contributed by atoms with E-state index in [0.717, 1.165) is 59.5 Å². The lowest BCUT2D eigenvalue weighted by atomic mass is 10.1. The second-order valence-corrected chi connectivity index (χ2v) is 9.26. The van der Waals surface area contributed by atoms with Crippen LogP contribution in [-0.2, 0) is 4.74 Å². The van der Waals surface area contributed by atoms with Crippen LogP contribution in [0.5, 0.6) is 0 Å². The number of carbonyl (C=O) groups excluding carboxylic acids is 1. The molecule has 5 nitrogen and oxygen atoms in total. The number of quaternary nitrogens is 1. The van der Waals surface area contributed by atoms with Crippen LogP contribution in [0.4, 0.5) is 5.13 Å². The predicted molar refractivity (Wildman–Crippen MR) is 116 cm³/mol. The average molecular weight is 417 g/mol. The highest BCUT2D eigenvalue weighted by Gasteiger charge is 2.23. The summed E-state index contributed by atoms with van der Waals surface area (Å²) in [6.07, 6.45) is 0.959. The van der Waals surface area contributed by atoms with Crippen molar-refractivity contribution >= 4 is 43.9 Å². The second-order valence-electron chi connectivity index (χ2n) is 7.30. The van der Waals surface area contributed by atoms with Gasteiger partial charge in [0.1, 0.15) is 13.1 Å². The van der Waals surface area contributed by atoms with Crippen molar-refractivity contribution in [1.82, 2.24) is 4.98 Å². The van der Waals surface area contributed by atoms with Gasteiger partial charge in [0.15, 0.2) is 5.13 Å². The number of amides is 1. The summed E-state index contributed by atoms with van der Waals surface area (Å²) in [5.74, 6) is 0.0551. The number of nitrogens with one attached hydrogen (secondary N) is 1. The van der Waals surface area contributed by atoms with Crippen LogP contribution in [0.25, 0.3) is 10.2 Å². The first-order valence-electron chi connectivity index (χ1n) is 9.76. The number of fused-ring (bicyclic) bond motifs is 1. The molecule has 4 rings (SSSR count). The number of hydrogen-bond acceptors (Lipinski definition) is 5. The molecule has 148 valence electrons. The number of rotatable bonds is 6. The van der Waals surface area contributed by atoms with Gasteiger partial charge in [-0.2, -0.15) is 0 Å². The van der Waals surface area contributed by atoms with Gasteiger partial charge in [-0.15, -0.1) is 11.3 Å². The first kappa shape index (κ1) is 19.5. The van der Waals surface area contributed by atoms with Gasteiger partial charge >= 0.3 is 0 Å². The van der Waals surface area contributed by atoms with Crippen molar-refractivity contribution in [3.05, 3.63) is 45.6 Å². The fourth-order valence-electron chi connectivity index (χ4n) is 3.50. The first-order chi connectivity index (χ1) is 13.6. The maximum Gasteiger partial charge on any atom is 0.270 e. The molecule has 0 radical (unpaired) electrons. The molecule has 7 heteroatoms. The number of ether oxygens (including phenoxy) is 1. The predicted octanol–water partition coefficient (Wildman–Crippen LogP) is 2.93. The van der Waals surface area contributed by atoms with E-state index in [0.29, 0.717) is 6.54 Å². The molecule has 1 amide bonds. The van der Waals surface area contributed by atoms with Crippen molar-refractivity contribution in [2.24, 2.45) is 0 Å². The Kier molecular flexibility index (Phi) is 6.06. The van der Waals surface area contributed by atoms with Crippen LogP contribution >= 0.6 is 22.7 Å². The Morgan fingerprint density at radius 1 is 1.25 bits per heavy atom. The lowest BCUT2D eigenvalue weighted by molar-refractivity contribution is -0.908. The molecule has 0 bridgehead atoms. The maximum absolute atomic E-state index is 13.2. The van der Waals surface area contributed by atoms with E-state index in [-0.39, 0.29) is 5.91 Å². The summed E-state index contributed by atoms with van der Waals surface area (Å²) in [6, 6.07) is 8.13. The third-order valence-electron chi connectivity index (χ3n) is 5.31. The van der Waals surface area contributed by atoms with Gasteiger partial charge in [-0.05, 0) is 48.6 Å². The van der Waals surface area contributed by atoms with Gasteiger partial charge in [0.2, 0.25) is 0 Å². The number of nitrogens with zero attached hydrogens (tertiary/aromatic N) is 2. The molecule has 0 saturated carbocycles. The van der Waals surface area contributed by atoms with Crippen LogP contribution in [0, 0.1) is 13.8 Å². The van der Waals surface area contributed by atoms with Gasteiger partial charge < -0.3 is 9.64 Å². The summed E-state index contributed by atoms with van der Waals surface area (Å²) < 4.78 is 6.58. The molecule has 1 aromatic carbocycles. The van der Waals surface area contributed by atoms with E-state index in [1.165, 1.54) is 22.5 Å². The van der Waals surface area contributed by atoms with E-state index in [9.17, 15) is 4.79 Å². The largest absolute Gasteiger partial charge is 0.370 e. The maximum atomic E-state index is 13.2. The number of aromatic nitrogens is 1. The second kappa shape index (κ2) is 8.69. The smallest absolute Gasteiger partial charge is 0.270 e. The molecule has 28 heavy (non-hydrogen) atoms. The van der Waals surface area contributed by atoms with Crippen LogP contribution in [-0.4, -0.2) is 50.3 Å². The standard InChI is InChI=1S/C21H25N3O2S2/c1-15-13-17-19(14-16(15)2)28-21(22-17)24(20(25)18-5-3-12-27-18)7-4-6-23-8-10-26-11-9-23/h3,5,12-14H,4,6-11H2,1-2H3/p+1. The quantitative estimate of drug-likeness (QED) is 0.672. The molecule has 1 N–H and O–H groups in total. The Morgan fingerprint density at radius 3 is 2.79 bits per heavy atom. The van der Waals surface area contributed by atoms with Crippen LogP contribution in [0.3, 0.4) is 0 Å². The molecule has 2 aromatic heterocycles. The Hall–Kier alpha value is -1.80. The Labute approximate surface area is 173 Å². The Morgan fingerprint density at radius 2 is 2.04 bits per heavy atom. The zero-order valence-electron chi connectivity index (χ0n) is 16.4. The van der Waals surface area contributed by atoms with Crippen molar-refractivity contribution in [2.45, 2.75) is 20.3 Å². The molecular formula is C21H26N3O2S2+. The zero-order chi connectivity index (χ0) is 19.5. The van der Waals surface area contributed by atoms with Crippen molar-refractivity contribution in [1.29, 1.82) is 0 Å². The molecule has 0 spiro atoms. The fourth-order valence-corrected chi connectivity index (χ4v) is 5.24. The minimum Gasteiger partial charge on any atom is -0.370 e. The molecule has 3 heterocycles. The topological polar surface area (TPSA) is 46.9 Å². The van der Waals surface area contributed by atoms with Crippen molar-refractivity contribution in [3.63, 3.8) is 0 Å². The van der Waals surface area contributed by atoms with Crippen molar-refractivity contribution in [2.75, 3.05) is 44.3 Å². The van der Waals surface area contributed by atoms with Crippen LogP contribution in [0.15, 0.2) is 29.6 Å². The third-order valence-corrected chi connectivity index (χ3v) is 7.21. The number of hydrogen-bond donors (Lipinski definition) is 1. The summed E-state index contributed by atoms with van der Waals surface area (Å²) in [7, 11) is 0. The molecule has 0 aliphatic carbocycles. The number of benzene rings is 1. The lowest BCUT2D eigenvalue weighted by Crippen LogP contribution is -3.14. The summed E-state index contributed by atoms with van der Waals surface area (Å²) in [6.45, 7) is 9.76. The molecule has 1 aliphatic heterocycles. The summed E-state index contributed by atoms with van der Waals surface area (Å²) in [5, 5.41) is 2.75. The van der Waals surface area contributed by atoms with Crippen LogP contribution in [0.2, 0.25) is 0 Å². The van der Waals surface area contributed by atoms with E-state index in [1.807, 2.05) is 22.4 Å². The molecule has 0 unspecified atom stereocenters. The first-order valence-corrected chi connectivity index (χ1v) is 11.5. The van der Waals surface area contributed by atoms with Gasteiger partial charge in [0.25, 0.3) is 5.91 Å². The third kappa shape index (κ3) is 4.27. The number of aryl methyl sites for hydroxylation is 2. The highest BCUT2D eigenvalue weighted by Crippen LogP contribution is 2.32. The van der Waals surface area contributed by atoms with E-state index in [1.54, 1.807) is 16.2 Å². The monoisotopic (exact) mass is 416 g/mol. The number of thiazole rings is 1. The highest BCUT2D eigenvalue weighted by molar-refractivity contribution is 7.22. The molecule has 1 saturated heterocycles. The number of anilines is 1. The summed E-state index contributed by atoms with van der Waals surface area (Å²) >= 11 is 3.10. The van der Waals surface area contributed by atoms with Crippen molar-refractivity contribution < 1.29 is 14.4 Å². The van der Waals surface area contributed by atoms with Crippen LogP contribution < -0.4 is 9.80 Å². The number of carbonyl (C=O) groups is 1. The summed E-state index contributed by atoms with van der Waals surface area (Å²) in [4.78, 5) is 22.2. The highest BCUT2D eigenvalue weighted by atomic mass is 32.1. The zero-order valence-corrected chi connectivity index (χ0v) is 18.0. The van der Waals surface area contributed by atoms with Gasteiger partial charge in [0, 0.05) is 13.0 Å². The number of morpholine rings is 1. The molecule has 0 atom stereocenters. The van der Waals surface area contributed by atoms with E-state index in [2.05, 4.69) is 26.0 Å². The molecule has 1 aliphatic rings. The average Bonchev–Trinajstić information content (AvgIpc) is 3.36. The number of thiophene rings is 1. The minimum atomic E-state index is 0.0551. The lowest BCUT2D eigenvalue weighted by Gasteiger charge is -2.25. The van der Waals surface area contributed by atoms with E-state index < -0.39 is 0 Å². The van der Waals surface area contributed by atoms with Crippen molar-refractivity contribution in [3.8, 4) is 0 Å². The van der Waals surface area contributed by atoms with E-state index >= 15 is 0 Å². The Balaban J connectivity index is 1.56. The minimum absolute atomic E-state index is 0.0551. The fraction of sp³-hybridized carbons (Fsp3) is 0.429. The van der Waals surface area contributed by atoms with Gasteiger partial charge in [-0.1, -0.05) is 17.4 Å². The summed E-state index contributed by atoms with van der Waals surface area (Å²) in [5.41, 5.74) is 3.47. The van der Waals surface area contributed by atoms with Gasteiger partial charge in [-0.25, -0.2) is 4.98 Å². The molecular weight excluding hydrogens is 390 g/mol. The molecule has 1 fully saturated rings. The van der Waals surface area contributed by atoms with Gasteiger partial charge in [0.05, 0.1) is 34.9 Å². The van der Waals surface area contributed by atoms with Crippen LogP contribution in [0.1, 0.15) is 27.2 Å². The molecule has 3 aromatic rings. The van der Waals surface area contributed by atoms with E-state index in [4.69, 9.17) is 9.72 Å². The SMILES string of the molecule is Cc1cc2nc(N(CCC[NH+]3CCOCC3)C(=O)c3cccs3)sc2cc1C.